The molecule has 1 fully saturated rings. The minimum absolute atomic E-state index is 0.0216. The highest BCUT2D eigenvalue weighted by Gasteiger charge is 2.54. The van der Waals surface area contributed by atoms with Gasteiger partial charge in [0.15, 0.2) is 0 Å². The first-order valence-corrected chi connectivity index (χ1v) is 8.53. The highest BCUT2D eigenvalue weighted by molar-refractivity contribution is 7.07. The molecular weight excluding hydrogens is 284 g/mol. The average molecular weight is 308 g/mol. The van der Waals surface area contributed by atoms with Crippen molar-refractivity contribution in [2.75, 3.05) is 0 Å². The Kier molecular flexibility index (Phi) is 4.42. The summed E-state index contributed by atoms with van der Waals surface area (Å²) in [5.74, 6) is 0.00572. The molecule has 0 radical (unpaired) electrons. The summed E-state index contributed by atoms with van der Waals surface area (Å²) in [5, 5.41) is 7.01. The number of hydrogen-bond donors (Lipinski definition) is 1. The number of carbonyl (C=O) groups excluding carboxylic acids is 2. The van der Waals surface area contributed by atoms with Crippen molar-refractivity contribution in [3.63, 3.8) is 0 Å². The molecular formula is C16H24N2O2S. The van der Waals surface area contributed by atoms with Gasteiger partial charge in [0.25, 0.3) is 0 Å². The van der Waals surface area contributed by atoms with Gasteiger partial charge in [-0.05, 0) is 48.6 Å². The quantitative estimate of drug-likeness (QED) is 0.909. The Morgan fingerprint density at radius 3 is 2.33 bits per heavy atom. The largest absolute Gasteiger partial charge is 0.340 e. The smallest absolute Gasteiger partial charge is 0.249 e. The fourth-order valence-electron chi connectivity index (χ4n) is 3.02. The first-order valence-electron chi connectivity index (χ1n) is 7.59. The summed E-state index contributed by atoms with van der Waals surface area (Å²) in [4.78, 5) is 27.5. The minimum atomic E-state index is -0.791. The van der Waals surface area contributed by atoms with Crippen LogP contribution >= 0.6 is 11.3 Å². The molecule has 1 aliphatic rings. The zero-order valence-corrected chi connectivity index (χ0v) is 14.0. The molecule has 1 N–H and O–H groups in total. The van der Waals surface area contributed by atoms with Crippen LogP contribution in [0.5, 0.6) is 0 Å². The van der Waals surface area contributed by atoms with Crippen LogP contribution in [0, 0.1) is 0 Å². The van der Waals surface area contributed by atoms with Crippen molar-refractivity contribution in [3.8, 4) is 0 Å². The van der Waals surface area contributed by atoms with Gasteiger partial charge in [-0.3, -0.25) is 9.59 Å². The summed E-state index contributed by atoms with van der Waals surface area (Å²) < 4.78 is 0. The maximum absolute atomic E-state index is 13.0. The Balaban J connectivity index is 2.44. The van der Waals surface area contributed by atoms with Gasteiger partial charge in [-0.1, -0.05) is 20.8 Å². The van der Waals surface area contributed by atoms with Crippen LogP contribution in [0.4, 0.5) is 0 Å². The summed E-state index contributed by atoms with van der Waals surface area (Å²) >= 11 is 1.61. The molecule has 1 atom stereocenters. The molecule has 21 heavy (non-hydrogen) atoms. The predicted molar refractivity (Wildman–Crippen MR) is 85.0 cm³/mol. The maximum atomic E-state index is 13.0. The van der Waals surface area contributed by atoms with Crippen molar-refractivity contribution in [2.24, 2.45) is 0 Å². The zero-order chi connectivity index (χ0) is 15.7. The van der Waals surface area contributed by atoms with E-state index in [2.05, 4.69) is 5.32 Å². The summed E-state index contributed by atoms with van der Waals surface area (Å²) in [5.41, 5.74) is -0.429. The summed E-state index contributed by atoms with van der Waals surface area (Å²) in [6.07, 6.45) is 1.86. The van der Waals surface area contributed by atoms with Gasteiger partial charge in [0, 0.05) is 6.54 Å². The van der Waals surface area contributed by atoms with Gasteiger partial charge < -0.3 is 10.2 Å². The number of hydrogen-bond acceptors (Lipinski definition) is 3. The van der Waals surface area contributed by atoms with Crippen LogP contribution in [-0.2, 0) is 16.1 Å². The Labute approximate surface area is 130 Å². The van der Waals surface area contributed by atoms with Crippen LogP contribution in [0.2, 0.25) is 0 Å². The lowest BCUT2D eigenvalue weighted by molar-refractivity contribution is -0.164. The topological polar surface area (TPSA) is 49.4 Å². The van der Waals surface area contributed by atoms with Crippen molar-refractivity contribution >= 4 is 23.2 Å². The number of nitrogens with zero attached hydrogens (tertiary/aromatic N) is 1. The summed E-state index contributed by atoms with van der Waals surface area (Å²) in [6, 6.07) is 2.02. The van der Waals surface area contributed by atoms with Crippen LogP contribution in [0.15, 0.2) is 16.8 Å². The second-order valence-corrected chi connectivity index (χ2v) is 6.68. The first-order chi connectivity index (χ1) is 9.93. The average Bonchev–Trinajstić information content (AvgIpc) is 2.99. The number of piperazine rings is 1. The number of thiophene rings is 1. The molecule has 0 aliphatic carbocycles. The van der Waals surface area contributed by atoms with Crippen molar-refractivity contribution in [2.45, 2.75) is 64.6 Å². The van der Waals surface area contributed by atoms with Crippen LogP contribution < -0.4 is 5.32 Å². The zero-order valence-electron chi connectivity index (χ0n) is 13.2. The summed E-state index contributed by atoms with van der Waals surface area (Å²) in [6.45, 7) is 8.22. The van der Waals surface area contributed by atoms with E-state index in [4.69, 9.17) is 0 Å². The SMILES string of the molecule is CCC1(C)NC(=O)C(CC)(CC)N(Cc2ccsc2)C1=O. The monoisotopic (exact) mass is 308 g/mol. The van der Waals surface area contributed by atoms with E-state index in [0.717, 1.165) is 5.56 Å². The maximum Gasteiger partial charge on any atom is 0.249 e. The number of rotatable bonds is 5. The highest BCUT2D eigenvalue weighted by atomic mass is 32.1. The highest BCUT2D eigenvalue weighted by Crippen LogP contribution is 2.34. The van der Waals surface area contributed by atoms with E-state index >= 15 is 0 Å². The molecule has 0 bridgehead atoms. The van der Waals surface area contributed by atoms with Crippen molar-refractivity contribution in [1.82, 2.24) is 10.2 Å². The molecule has 1 aromatic rings. The molecule has 0 aromatic carbocycles. The van der Waals surface area contributed by atoms with Crippen LogP contribution in [0.1, 0.15) is 52.5 Å². The molecule has 2 rings (SSSR count). The van der Waals surface area contributed by atoms with Crippen LogP contribution in [0.25, 0.3) is 0 Å². The normalized spacial score (nSPS) is 25.0. The third kappa shape index (κ3) is 2.48. The third-order valence-electron chi connectivity index (χ3n) is 4.84. The molecule has 1 unspecified atom stereocenters. The van der Waals surface area contributed by atoms with Gasteiger partial charge in [-0.2, -0.15) is 11.3 Å². The van der Waals surface area contributed by atoms with E-state index in [1.807, 2.05) is 44.5 Å². The fraction of sp³-hybridized carbons (Fsp3) is 0.625. The summed E-state index contributed by atoms with van der Waals surface area (Å²) in [7, 11) is 0. The van der Waals surface area contributed by atoms with Crippen molar-refractivity contribution in [3.05, 3.63) is 22.4 Å². The lowest BCUT2D eigenvalue weighted by Crippen LogP contribution is -2.74. The van der Waals surface area contributed by atoms with Gasteiger partial charge in [0.2, 0.25) is 11.8 Å². The third-order valence-corrected chi connectivity index (χ3v) is 5.58. The number of nitrogens with one attached hydrogen (secondary N) is 1. The Hall–Kier alpha value is -1.36. The Bertz CT molecular complexity index is 522. The van der Waals surface area contributed by atoms with Crippen molar-refractivity contribution in [1.29, 1.82) is 0 Å². The molecule has 5 heteroatoms. The molecule has 0 saturated carbocycles. The molecule has 2 heterocycles. The van der Waals surface area contributed by atoms with Crippen molar-refractivity contribution < 1.29 is 9.59 Å². The van der Waals surface area contributed by atoms with E-state index in [1.54, 1.807) is 16.2 Å². The molecule has 1 aliphatic heterocycles. The molecule has 1 saturated heterocycles. The lowest BCUT2D eigenvalue weighted by Gasteiger charge is -2.51. The standard InChI is InChI=1S/C16H24N2O2S/c1-5-15(4)14(20)18(10-12-8-9-21-11-12)16(6-2,7-3)13(19)17-15/h8-9,11H,5-7,10H2,1-4H3,(H,17,19). The Morgan fingerprint density at radius 1 is 1.19 bits per heavy atom. The Morgan fingerprint density at radius 2 is 1.86 bits per heavy atom. The number of carbonyl (C=O) groups is 2. The van der Waals surface area contributed by atoms with E-state index in [0.29, 0.717) is 25.8 Å². The van der Waals surface area contributed by atoms with Crippen LogP contribution in [0.3, 0.4) is 0 Å². The molecule has 2 amide bonds. The second-order valence-electron chi connectivity index (χ2n) is 5.90. The van der Waals surface area contributed by atoms with Gasteiger partial charge in [-0.25, -0.2) is 0 Å². The first kappa shape index (κ1) is 16.0. The van der Waals surface area contributed by atoms with Gasteiger partial charge in [0.05, 0.1) is 0 Å². The van der Waals surface area contributed by atoms with Gasteiger partial charge >= 0.3 is 0 Å². The van der Waals surface area contributed by atoms with E-state index < -0.39 is 11.1 Å². The molecule has 1 aromatic heterocycles. The predicted octanol–water partition coefficient (Wildman–Crippen LogP) is 2.93. The molecule has 4 nitrogen and oxygen atoms in total. The van der Waals surface area contributed by atoms with E-state index in [-0.39, 0.29) is 11.8 Å². The lowest BCUT2D eigenvalue weighted by atomic mass is 9.81. The minimum Gasteiger partial charge on any atom is -0.340 e. The van der Waals surface area contributed by atoms with E-state index in [9.17, 15) is 9.59 Å². The van der Waals surface area contributed by atoms with Gasteiger partial charge in [0.1, 0.15) is 11.1 Å². The fourth-order valence-corrected chi connectivity index (χ4v) is 3.68. The van der Waals surface area contributed by atoms with Crippen LogP contribution in [-0.4, -0.2) is 27.8 Å². The number of amides is 2. The van der Waals surface area contributed by atoms with E-state index in [1.165, 1.54) is 0 Å². The van der Waals surface area contributed by atoms with Gasteiger partial charge in [-0.15, -0.1) is 0 Å². The molecule has 116 valence electrons. The molecule has 0 spiro atoms. The second kappa shape index (κ2) is 5.79.